The van der Waals surface area contributed by atoms with Gasteiger partial charge in [-0.25, -0.2) is 4.98 Å². The molecule has 0 radical (unpaired) electrons. The summed E-state index contributed by atoms with van der Waals surface area (Å²) in [5.41, 5.74) is 9.66. The van der Waals surface area contributed by atoms with Crippen LogP contribution in [0.2, 0.25) is 0 Å². The Morgan fingerprint density at radius 2 is 1.91 bits per heavy atom. The highest BCUT2D eigenvalue weighted by Crippen LogP contribution is 2.44. The zero-order valence-electron chi connectivity index (χ0n) is 19.6. The largest absolute Gasteiger partial charge is 0.404 e. The van der Waals surface area contributed by atoms with Crippen molar-refractivity contribution in [3.8, 4) is 0 Å². The van der Waals surface area contributed by atoms with Crippen LogP contribution in [0, 0.1) is 5.41 Å². The van der Waals surface area contributed by atoms with Crippen LogP contribution in [0.1, 0.15) is 48.9 Å². The summed E-state index contributed by atoms with van der Waals surface area (Å²) >= 11 is 1.82. The molecule has 35 heavy (non-hydrogen) atoms. The minimum Gasteiger partial charge on any atom is -0.404 e. The molecule has 0 bridgehead atoms. The third-order valence-corrected chi connectivity index (χ3v) is 9.40. The zero-order valence-corrected chi connectivity index (χ0v) is 21.4. The summed E-state index contributed by atoms with van der Waals surface area (Å²) in [6.45, 7) is 0. The van der Waals surface area contributed by atoms with Crippen molar-refractivity contribution < 1.29 is 0 Å². The van der Waals surface area contributed by atoms with Crippen molar-refractivity contribution in [2.75, 3.05) is 10.6 Å². The van der Waals surface area contributed by atoms with Crippen LogP contribution in [0.15, 0.2) is 65.8 Å². The van der Waals surface area contributed by atoms with Crippen molar-refractivity contribution >= 4 is 49.1 Å². The van der Waals surface area contributed by atoms with Gasteiger partial charge in [0.25, 0.3) is 0 Å². The van der Waals surface area contributed by atoms with Crippen molar-refractivity contribution in [3.63, 3.8) is 0 Å². The summed E-state index contributed by atoms with van der Waals surface area (Å²) < 4.78 is 0. The van der Waals surface area contributed by atoms with Crippen molar-refractivity contribution in [3.05, 3.63) is 77.7 Å². The normalized spacial score (nSPS) is 18.9. The first-order valence-electron chi connectivity index (χ1n) is 12.1. The third-order valence-electron chi connectivity index (χ3n) is 6.41. The summed E-state index contributed by atoms with van der Waals surface area (Å²) in [5.74, 6) is 1.85. The Kier molecular flexibility index (Phi) is 7.65. The maximum Gasteiger partial charge on any atom is 0.129 e. The van der Waals surface area contributed by atoms with Crippen molar-refractivity contribution in [1.29, 1.82) is 5.41 Å². The van der Waals surface area contributed by atoms with Gasteiger partial charge in [-0.05, 0) is 59.6 Å². The van der Waals surface area contributed by atoms with Crippen LogP contribution in [0.5, 0.6) is 0 Å². The maximum atomic E-state index is 7.59. The fraction of sp³-hybridized carbons (Fsp3) is 0.296. The van der Waals surface area contributed by atoms with Gasteiger partial charge < -0.3 is 21.8 Å². The second kappa shape index (κ2) is 11.2. The highest BCUT2D eigenvalue weighted by molar-refractivity contribution is 8.07. The minimum atomic E-state index is 0.227. The molecule has 5 N–H and O–H groups in total. The molecule has 0 saturated heterocycles. The van der Waals surface area contributed by atoms with E-state index in [1.807, 2.05) is 30.1 Å². The monoisotopic (exact) mass is 502 g/mol. The van der Waals surface area contributed by atoms with Gasteiger partial charge in [0.2, 0.25) is 0 Å². The number of aromatic nitrogens is 2. The van der Waals surface area contributed by atoms with E-state index in [4.69, 9.17) is 16.1 Å². The molecule has 2 unspecified atom stereocenters. The molecule has 1 fully saturated rings. The van der Waals surface area contributed by atoms with Gasteiger partial charge in [-0.1, -0.05) is 57.8 Å². The standard InChI is InChI=1S/C27H31N6PS/c28-16-20(17-29)19-9-10-23-24(15-19)35-27(34-23)33-26-14-18(12-22-8-4-5-11-30-22)13-25(32-26)31-21-6-2-1-3-7-21/h4-5,8-11,13-17,21,27-28,34H,1-3,6-7,12,29H2,(H2,31,32,33)/b20-17+,28-16?. The fourth-order valence-corrected chi connectivity index (χ4v) is 7.72. The number of benzene rings is 1. The molecule has 0 spiro atoms. The molecule has 2 atom stereocenters. The summed E-state index contributed by atoms with van der Waals surface area (Å²) in [4.78, 5) is 10.7. The van der Waals surface area contributed by atoms with Crippen LogP contribution in [-0.2, 0) is 6.42 Å². The summed E-state index contributed by atoms with van der Waals surface area (Å²) in [7, 11) is 0.631. The molecule has 1 saturated carbocycles. The first-order valence-corrected chi connectivity index (χ1v) is 14.1. The lowest BCUT2D eigenvalue weighted by molar-refractivity contribution is 0.462. The number of nitrogens with two attached hydrogens (primary N) is 1. The first kappa shape index (κ1) is 23.8. The summed E-state index contributed by atoms with van der Waals surface area (Å²) in [6.07, 6.45) is 11.7. The molecule has 0 amide bonds. The topological polar surface area (TPSA) is 99.7 Å². The first-order chi connectivity index (χ1) is 17.2. The molecule has 2 aromatic heterocycles. The second-order valence-electron chi connectivity index (χ2n) is 8.99. The average molecular weight is 503 g/mol. The van der Waals surface area contributed by atoms with Gasteiger partial charge in [0.05, 0.1) is 5.11 Å². The van der Waals surface area contributed by atoms with E-state index in [2.05, 4.69) is 52.0 Å². The Bertz CT molecular complexity index is 1210. The molecular formula is C27H31N6PS. The molecule has 3 aromatic rings. The Hall–Kier alpha value is -2.89. The number of rotatable bonds is 8. The summed E-state index contributed by atoms with van der Waals surface area (Å²) in [5, 5.41) is 16.5. The van der Waals surface area contributed by atoms with Gasteiger partial charge in [-0.15, -0.1) is 0 Å². The number of anilines is 2. The Morgan fingerprint density at radius 3 is 2.66 bits per heavy atom. The molecule has 1 aromatic carbocycles. The zero-order chi connectivity index (χ0) is 24.0. The molecular weight excluding hydrogens is 471 g/mol. The number of nitrogens with one attached hydrogen (secondary N) is 3. The number of allylic oxidation sites excluding steroid dienone is 1. The van der Waals surface area contributed by atoms with Crippen LogP contribution >= 0.6 is 20.3 Å². The summed E-state index contributed by atoms with van der Waals surface area (Å²) in [6, 6.07) is 17.2. The quantitative estimate of drug-likeness (QED) is 0.238. The molecule has 3 heterocycles. The molecule has 1 aliphatic heterocycles. The molecule has 6 nitrogen and oxygen atoms in total. The van der Waals surface area contributed by atoms with Gasteiger partial charge in [0.1, 0.15) is 11.6 Å². The smallest absolute Gasteiger partial charge is 0.129 e. The minimum absolute atomic E-state index is 0.227. The number of thioether (sulfide) groups is 1. The van der Waals surface area contributed by atoms with Gasteiger partial charge in [-0.2, -0.15) is 0 Å². The Balaban J connectivity index is 1.35. The molecule has 5 rings (SSSR count). The van der Waals surface area contributed by atoms with Crippen LogP contribution in [-0.4, -0.2) is 27.3 Å². The molecule has 2 aliphatic rings. The SMILES string of the molecule is N=C/C(=C\N)c1ccc2c(c1)SC(Nc1cc(Cc3ccccn3)cc(NC3CCCCC3)n1)P2. The Labute approximate surface area is 212 Å². The van der Waals surface area contributed by atoms with Crippen LogP contribution < -0.4 is 21.7 Å². The van der Waals surface area contributed by atoms with E-state index in [-0.39, 0.29) is 5.11 Å². The predicted octanol–water partition coefficient (Wildman–Crippen LogP) is 5.57. The van der Waals surface area contributed by atoms with Crippen LogP contribution in [0.3, 0.4) is 0 Å². The number of hydrogen-bond acceptors (Lipinski definition) is 7. The van der Waals surface area contributed by atoms with E-state index in [0.717, 1.165) is 34.9 Å². The van der Waals surface area contributed by atoms with E-state index in [1.165, 1.54) is 60.3 Å². The van der Waals surface area contributed by atoms with Gasteiger partial charge in [0.15, 0.2) is 0 Å². The van der Waals surface area contributed by atoms with E-state index >= 15 is 0 Å². The molecule has 180 valence electrons. The fourth-order valence-electron chi connectivity index (χ4n) is 4.65. The second-order valence-corrected chi connectivity index (χ2v) is 12.0. The van der Waals surface area contributed by atoms with Gasteiger partial charge in [0, 0.05) is 47.2 Å². The van der Waals surface area contributed by atoms with E-state index in [0.29, 0.717) is 14.6 Å². The lowest BCUT2D eigenvalue weighted by atomic mass is 9.95. The predicted molar refractivity (Wildman–Crippen MR) is 150 cm³/mol. The van der Waals surface area contributed by atoms with E-state index in [9.17, 15) is 0 Å². The van der Waals surface area contributed by atoms with Gasteiger partial charge >= 0.3 is 0 Å². The molecule has 1 aliphatic carbocycles. The lowest BCUT2D eigenvalue weighted by Gasteiger charge is -2.24. The van der Waals surface area contributed by atoms with Crippen molar-refractivity contribution in [2.45, 2.75) is 54.6 Å². The Morgan fingerprint density at radius 1 is 1.09 bits per heavy atom. The third kappa shape index (κ3) is 6.03. The van der Waals surface area contributed by atoms with Crippen molar-refractivity contribution in [2.24, 2.45) is 5.73 Å². The number of nitrogens with zero attached hydrogens (tertiary/aromatic N) is 2. The lowest BCUT2D eigenvalue weighted by Crippen LogP contribution is -2.23. The highest BCUT2D eigenvalue weighted by Gasteiger charge is 2.24. The van der Waals surface area contributed by atoms with Crippen LogP contribution in [0.4, 0.5) is 11.6 Å². The van der Waals surface area contributed by atoms with Crippen molar-refractivity contribution in [1.82, 2.24) is 9.97 Å². The van der Waals surface area contributed by atoms with E-state index < -0.39 is 0 Å². The van der Waals surface area contributed by atoms with Gasteiger partial charge in [-0.3, -0.25) is 4.98 Å². The maximum absolute atomic E-state index is 7.59. The average Bonchev–Trinajstić information content (AvgIpc) is 3.27. The number of fused-ring (bicyclic) bond motifs is 1. The van der Waals surface area contributed by atoms with E-state index in [1.54, 1.807) is 0 Å². The molecule has 8 heteroatoms. The number of hydrogen-bond donors (Lipinski definition) is 4. The number of pyridine rings is 2. The highest BCUT2D eigenvalue weighted by atomic mass is 32.2. The van der Waals surface area contributed by atoms with Crippen LogP contribution in [0.25, 0.3) is 5.57 Å².